The fourth-order valence-electron chi connectivity index (χ4n) is 2.32. The molecule has 0 spiro atoms. The molecule has 0 radical (unpaired) electrons. The summed E-state index contributed by atoms with van der Waals surface area (Å²) < 4.78 is 0. The van der Waals surface area contributed by atoms with Crippen LogP contribution in [0.5, 0.6) is 0 Å². The molecule has 2 aromatic rings. The van der Waals surface area contributed by atoms with E-state index in [0.717, 1.165) is 24.5 Å². The molecule has 2 aromatic heterocycles. The van der Waals surface area contributed by atoms with Crippen LogP contribution in [0.25, 0.3) is 0 Å². The van der Waals surface area contributed by atoms with Gasteiger partial charge in [0.2, 0.25) is 0 Å². The van der Waals surface area contributed by atoms with Crippen molar-refractivity contribution in [1.29, 1.82) is 0 Å². The Balaban J connectivity index is 1.65. The fourth-order valence-corrected chi connectivity index (χ4v) is 4.13. The average molecular weight is 289 g/mol. The largest absolute Gasteiger partial charge is 0.384 e. The van der Waals surface area contributed by atoms with Crippen molar-refractivity contribution in [3.8, 4) is 11.8 Å². The Morgan fingerprint density at radius 2 is 2.26 bits per heavy atom. The van der Waals surface area contributed by atoms with Crippen LogP contribution in [0, 0.1) is 11.8 Å². The predicted molar refractivity (Wildman–Crippen MR) is 80.4 cm³/mol. The highest BCUT2D eigenvalue weighted by Crippen LogP contribution is 2.26. The molecule has 0 aromatic carbocycles. The third kappa shape index (κ3) is 3.07. The van der Waals surface area contributed by atoms with Crippen LogP contribution in [0.1, 0.15) is 20.2 Å². The van der Waals surface area contributed by atoms with Crippen LogP contribution in [-0.2, 0) is 19.5 Å². The van der Waals surface area contributed by atoms with Gasteiger partial charge in [0.05, 0.1) is 4.88 Å². The topological polar surface area (TPSA) is 23.5 Å². The molecule has 1 aliphatic rings. The summed E-state index contributed by atoms with van der Waals surface area (Å²) in [6.45, 7) is 3.14. The van der Waals surface area contributed by atoms with Crippen molar-refractivity contribution in [3.63, 3.8) is 0 Å². The van der Waals surface area contributed by atoms with Crippen LogP contribution < -0.4 is 0 Å². The third-order valence-electron chi connectivity index (χ3n) is 3.22. The molecule has 0 unspecified atom stereocenters. The molecule has 2 nitrogen and oxygen atoms in total. The first-order valence-electron chi connectivity index (χ1n) is 6.31. The van der Waals surface area contributed by atoms with E-state index < -0.39 is 0 Å². The first-order chi connectivity index (χ1) is 9.35. The second-order valence-electron chi connectivity index (χ2n) is 4.56. The van der Waals surface area contributed by atoms with E-state index in [0.29, 0.717) is 0 Å². The third-order valence-corrected chi connectivity index (χ3v) is 5.23. The van der Waals surface area contributed by atoms with Crippen LogP contribution in [0.2, 0.25) is 0 Å². The molecule has 0 saturated heterocycles. The Bertz CT molecular complexity index is 617. The van der Waals surface area contributed by atoms with E-state index in [1.807, 2.05) is 17.4 Å². The molecule has 4 heteroatoms. The molecule has 1 N–H and O–H groups in total. The van der Waals surface area contributed by atoms with Gasteiger partial charge in [-0.25, -0.2) is 0 Å². The van der Waals surface area contributed by atoms with Crippen molar-refractivity contribution in [3.05, 3.63) is 43.8 Å². The number of fused-ring (bicyclic) bond motifs is 1. The molecule has 1 aliphatic heterocycles. The monoisotopic (exact) mass is 289 g/mol. The summed E-state index contributed by atoms with van der Waals surface area (Å²) in [4.78, 5) is 6.43. The van der Waals surface area contributed by atoms with Crippen molar-refractivity contribution in [2.24, 2.45) is 0 Å². The van der Waals surface area contributed by atoms with E-state index in [2.05, 4.69) is 34.3 Å². The summed E-state index contributed by atoms with van der Waals surface area (Å²) in [5.74, 6) is 5.66. The summed E-state index contributed by atoms with van der Waals surface area (Å²) in [6, 6.07) is 6.44. The van der Waals surface area contributed by atoms with E-state index >= 15 is 0 Å². The minimum atomic E-state index is -0.0692. The molecule has 19 heavy (non-hydrogen) atoms. The highest BCUT2D eigenvalue weighted by molar-refractivity contribution is 7.12. The number of hydrogen-bond acceptors (Lipinski definition) is 4. The van der Waals surface area contributed by atoms with E-state index in [1.54, 1.807) is 16.2 Å². The lowest BCUT2D eigenvalue weighted by Crippen LogP contribution is -2.28. The van der Waals surface area contributed by atoms with Crippen molar-refractivity contribution in [2.45, 2.75) is 19.5 Å². The summed E-state index contributed by atoms with van der Waals surface area (Å²) in [5, 5.41) is 10.9. The second-order valence-corrected chi connectivity index (χ2v) is 6.72. The molecule has 0 amide bonds. The number of thiophene rings is 2. The number of aliphatic hydroxyl groups is 1. The average Bonchev–Trinajstić information content (AvgIpc) is 3.05. The minimum Gasteiger partial charge on any atom is -0.384 e. The standard InChI is InChI=1S/C15H15NOS2/c17-8-1-2-13-3-4-14(19-13)11-16-7-5-15-12(10-16)6-9-18-15/h3-4,6,9,17H,5,7-8,10-11H2. The van der Waals surface area contributed by atoms with Crippen molar-refractivity contribution < 1.29 is 5.11 Å². The highest BCUT2D eigenvalue weighted by Gasteiger charge is 2.17. The van der Waals surface area contributed by atoms with Gasteiger partial charge in [-0.1, -0.05) is 11.8 Å². The van der Waals surface area contributed by atoms with Gasteiger partial charge in [-0.15, -0.1) is 22.7 Å². The van der Waals surface area contributed by atoms with Crippen LogP contribution in [0.15, 0.2) is 23.6 Å². The lowest BCUT2D eigenvalue weighted by atomic mass is 10.1. The van der Waals surface area contributed by atoms with Gasteiger partial charge in [-0.3, -0.25) is 4.90 Å². The molecule has 0 aliphatic carbocycles. The van der Waals surface area contributed by atoms with Crippen molar-refractivity contribution >= 4 is 22.7 Å². The Hall–Kier alpha value is -1.12. The zero-order chi connectivity index (χ0) is 13.1. The summed E-state index contributed by atoms with van der Waals surface area (Å²) in [5.41, 5.74) is 1.49. The van der Waals surface area contributed by atoms with Crippen LogP contribution in [0.3, 0.4) is 0 Å². The van der Waals surface area contributed by atoms with E-state index in [4.69, 9.17) is 5.11 Å². The summed E-state index contributed by atoms with van der Waals surface area (Å²) in [6.07, 6.45) is 1.18. The van der Waals surface area contributed by atoms with Gasteiger partial charge < -0.3 is 5.11 Å². The van der Waals surface area contributed by atoms with Crippen molar-refractivity contribution in [1.82, 2.24) is 4.90 Å². The lowest BCUT2D eigenvalue weighted by Gasteiger charge is -2.26. The molecule has 3 heterocycles. The molecule has 0 bridgehead atoms. The van der Waals surface area contributed by atoms with E-state index in [1.165, 1.54) is 16.9 Å². The fraction of sp³-hybridized carbons (Fsp3) is 0.333. The van der Waals surface area contributed by atoms with Crippen LogP contribution in [0.4, 0.5) is 0 Å². The van der Waals surface area contributed by atoms with E-state index in [9.17, 15) is 0 Å². The molecule has 0 saturated carbocycles. The van der Waals surface area contributed by atoms with Crippen molar-refractivity contribution in [2.75, 3.05) is 13.2 Å². The van der Waals surface area contributed by atoms with Gasteiger partial charge in [0, 0.05) is 29.4 Å². The molecular weight excluding hydrogens is 274 g/mol. The Morgan fingerprint density at radius 3 is 3.16 bits per heavy atom. The maximum Gasteiger partial charge on any atom is 0.104 e. The Kier molecular flexibility index (Phi) is 4.00. The first-order valence-corrected chi connectivity index (χ1v) is 8.01. The maximum atomic E-state index is 8.69. The van der Waals surface area contributed by atoms with Crippen LogP contribution in [-0.4, -0.2) is 23.2 Å². The smallest absolute Gasteiger partial charge is 0.104 e. The summed E-state index contributed by atoms with van der Waals surface area (Å²) >= 11 is 3.61. The van der Waals surface area contributed by atoms with E-state index in [-0.39, 0.29) is 6.61 Å². The zero-order valence-corrected chi connectivity index (χ0v) is 12.2. The maximum absolute atomic E-state index is 8.69. The molecule has 0 fully saturated rings. The number of nitrogens with zero attached hydrogens (tertiary/aromatic N) is 1. The van der Waals surface area contributed by atoms with Gasteiger partial charge in [0.25, 0.3) is 0 Å². The number of aliphatic hydroxyl groups excluding tert-OH is 1. The highest BCUT2D eigenvalue weighted by atomic mass is 32.1. The lowest BCUT2D eigenvalue weighted by molar-refractivity contribution is 0.249. The first kappa shape index (κ1) is 12.9. The van der Waals surface area contributed by atoms with Gasteiger partial charge in [0.1, 0.15) is 6.61 Å². The summed E-state index contributed by atoms with van der Waals surface area (Å²) in [7, 11) is 0. The minimum absolute atomic E-state index is 0.0692. The second kappa shape index (κ2) is 5.89. The van der Waals surface area contributed by atoms with Gasteiger partial charge in [0.15, 0.2) is 0 Å². The van der Waals surface area contributed by atoms with Gasteiger partial charge in [-0.05, 0) is 35.6 Å². The predicted octanol–water partition coefficient (Wildman–Crippen LogP) is 2.71. The van der Waals surface area contributed by atoms with Gasteiger partial charge >= 0.3 is 0 Å². The number of hydrogen-bond donors (Lipinski definition) is 1. The molecule has 3 rings (SSSR count). The Morgan fingerprint density at radius 1 is 1.32 bits per heavy atom. The molecule has 0 atom stereocenters. The quantitative estimate of drug-likeness (QED) is 0.859. The number of rotatable bonds is 2. The normalized spacial score (nSPS) is 14.8. The Labute approximate surface area is 121 Å². The molecule has 98 valence electrons. The van der Waals surface area contributed by atoms with Gasteiger partial charge in [-0.2, -0.15) is 0 Å². The molecular formula is C15H15NOS2. The van der Waals surface area contributed by atoms with Crippen LogP contribution >= 0.6 is 22.7 Å². The SMILES string of the molecule is OCC#Cc1ccc(CN2CCc3sccc3C2)s1. The zero-order valence-electron chi connectivity index (χ0n) is 10.6.